The van der Waals surface area contributed by atoms with Crippen molar-refractivity contribution in [1.82, 2.24) is 5.06 Å². The highest BCUT2D eigenvalue weighted by Gasteiger charge is 2.72. The average Bonchev–Trinajstić information content (AvgIpc) is 3.42. The standard InChI is InChI=1S/C38H61NO9/c1-21(2)22-11-16-38(33(44)45)18-17-36(6)23(29(22)38)9-10-26-35(5)14-13-27(34(3,4)25(35)12-15-37(26,36)7)48-28(41)19-39(46-8)32-31(43)30(42)24(40)20-47-32/h22-27,29-32,40,42-43H,1,9-20H2,2-8H3,(H,44,45)/t22-,23+,24-,25?,26?,27-,29?,30-,31?,32+,35-,36+,37+,38-/m0/s1. The van der Waals surface area contributed by atoms with E-state index >= 15 is 0 Å². The van der Waals surface area contributed by atoms with Gasteiger partial charge in [0.05, 0.1) is 19.1 Å². The molecule has 10 nitrogen and oxygen atoms in total. The van der Waals surface area contributed by atoms with E-state index in [1.54, 1.807) is 0 Å². The molecule has 0 aromatic carbocycles. The number of hydrogen-bond donors (Lipinski definition) is 4. The number of aliphatic carboxylic acids is 1. The second-order valence-corrected chi connectivity index (χ2v) is 18.0. The highest BCUT2D eigenvalue weighted by Crippen LogP contribution is 2.77. The third-order valence-corrected chi connectivity index (χ3v) is 16.0. The van der Waals surface area contributed by atoms with Gasteiger partial charge in [-0.05, 0) is 117 Å². The van der Waals surface area contributed by atoms with Gasteiger partial charge in [-0.25, -0.2) is 0 Å². The van der Waals surface area contributed by atoms with Crippen LogP contribution in [-0.4, -0.2) is 88.3 Å². The SMILES string of the molecule is C=C(C)[C@@H]1CC[C@]2(C(=O)O)CC[C@]3(C)[C@H](CCC4[C@@]5(C)CC[C@H](OC(=O)CN(OC)[C@@H]6OC[C@H](O)[C@H](O)C6O)C(C)(C)C5CC[C@]43C)C12. The molecule has 0 aromatic heterocycles. The lowest BCUT2D eigenvalue weighted by Gasteiger charge is -2.72. The summed E-state index contributed by atoms with van der Waals surface area (Å²) in [5, 5.41) is 42.3. The average molecular weight is 676 g/mol. The Bertz CT molecular complexity index is 1290. The number of aliphatic hydroxyl groups excluding tert-OH is 3. The van der Waals surface area contributed by atoms with Crippen LogP contribution in [0.2, 0.25) is 0 Å². The fraction of sp³-hybridized carbons (Fsp3) is 0.895. The minimum absolute atomic E-state index is 0.0536. The van der Waals surface area contributed by atoms with E-state index < -0.39 is 41.9 Å². The predicted octanol–water partition coefficient (Wildman–Crippen LogP) is 4.94. The van der Waals surface area contributed by atoms with Crippen LogP contribution in [-0.2, 0) is 23.9 Å². The number of ether oxygens (including phenoxy) is 2. The number of hydrogen-bond acceptors (Lipinski definition) is 9. The van der Waals surface area contributed by atoms with Crippen molar-refractivity contribution in [2.75, 3.05) is 20.3 Å². The number of esters is 1. The van der Waals surface area contributed by atoms with E-state index in [1.807, 2.05) is 0 Å². The van der Waals surface area contributed by atoms with Crippen LogP contribution in [0.3, 0.4) is 0 Å². The van der Waals surface area contributed by atoms with Gasteiger partial charge in [0.15, 0.2) is 6.23 Å². The molecule has 5 aliphatic carbocycles. The third-order valence-electron chi connectivity index (χ3n) is 16.0. The summed E-state index contributed by atoms with van der Waals surface area (Å²) in [6, 6.07) is 0. The summed E-state index contributed by atoms with van der Waals surface area (Å²) >= 11 is 0. The molecule has 4 N–H and O–H groups in total. The van der Waals surface area contributed by atoms with Gasteiger partial charge < -0.3 is 29.9 Å². The minimum atomic E-state index is -1.45. The molecular weight excluding hydrogens is 614 g/mol. The lowest BCUT2D eigenvalue weighted by Crippen LogP contribution is -2.67. The van der Waals surface area contributed by atoms with Crippen molar-refractivity contribution < 1.29 is 44.3 Å². The molecule has 0 amide bonds. The lowest BCUT2D eigenvalue weighted by molar-refractivity contribution is -0.305. The molecule has 1 saturated heterocycles. The van der Waals surface area contributed by atoms with Gasteiger partial charge in [-0.1, -0.05) is 46.8 Å². The van der Waals surface area contributed by atoms with E-state index in [0.717, 1.165) is 69.8 Å². The molecule has 1 heterocycles. The molecule has 0 spiro atoms. The van der Waals surface area contributed by atoms with Gasteiger partial charge in [-0.2, -0.15) is 0 Å². The summed E-state index contributed by atoms with van der Waals surface area (Å²) in [6.45, 7) is 18.0. The van der Waals surface area contributed by atoms with Gasteiger partial charge in [0.1, 0.15) is 31.0 Å². The first-order valence-electron chi connectivity index (χ1n) is 18.4. The Morgan fingerprint density at radius 3 is 2.23 bits per heavy atom. The summed E-state index contributed by atoms with van der Waals surface area (Å²) < 4.78 is 11.7. The fourth-order valence-electron chi connectivity index (χ4n) is 13.3. The first-order chi connectivity index (χ1) is 22.4. The highest BCUT2D eigenvalue weighted by molar-refractivity contribution is 5.76. The Morgan fingerprint density at radius 2 is 1.58 bits per heavy atom. The van der Waals surface area contributed by atoms with E-state index in [9.17, 15) is 30.0 Å². The molecule has 6 rings (SSSR count). The number of hydroxylamine groups is 2. The van der Waals surface area contributed by atoms with E-state index in [4.69, 9.17) is 14.3 Å². The molecule has 6 aliphatic rings. The Hall–Kier alpha value is -1.56. The lowest BCUT2D eigenvalue weighted by atomic mass is 9.32. The maximum atomic E-state index is 13.4. The van der Waals surface area contributed by atoms with Crippen molar-refractivity contribution in [1.29, 1.82) is 0 Å². The van der Waals surface area contributed by atoms with Crippen molar-refractivity contribution >= 4 is 11.9 Å². The van der Waals surface area contributed by atoms with Crippen LogP contribution < -0.4 is 0 Å². The Balaban J connectivity index is 1.20. The van der Waals surface area contributed by atoms with Crippen molar-refractivity contribution in [3.05, 3.63) is 12.2 Å². The van der Waals surface area contributed by atoms with Crippen LogP contribution in [0.25, 0.3) is 0 Å². The molecule has 4 unspecified atom stereocenters. The van der Waals surface area contributed by atoms with Crippen molar-refractivity contribution in [3.63, 3.8) is 0 Å². The molecule has 0 aromatic rings. The van der Waals surface area contributed by atoms with Crippen LogP contribution in [0.5, 0.6) is 0 Å². The Morgan fingerprint density at radius 1 is 0.875 bits per heavy atom. The molecule has 10 heteroatoms. The molecule has 14 atom stereocenters. The first kappa shape index (κ1) is 36.2. The van der Waals surface area contributed by atoms with E-state index in [1.165, 1.54) is 12.2 Å². The zero-order valence-electron chi connectivity index (χ0n) is 30.2. The Labute approximate surface area is 286 Å². The zero-order chi connectivity index (χ0) is 35.2. The summed E-state index contributed by atoms with van der Waals surface area (Å²) in [7, 11) is 1.37. The van der Waals surface area contributed by atoms with Crippen LogP contribution in [0.15, 0.2) is 12.2 Å². The minimum Gasteiger partial charge on any atom is -0.481 e. The third kappa shape index (κ3) is 5.08. The van der Waals surface area contributed by atoms with Gasteiger partial charge in [0.2, 0.25) is 0 Å². The second kappa shape index (κ2) is 12.3. The van der Waals surface area contributed by atoms with Crippen LogP contribution in [0, 0.1) is 56.7 Å². The number of nitrogens with zero attached hydrogens (tertiary/aromatic N) is 1. The van der Waals surface area contributed by atoms with Crippen molar-refractivity contribution in [2.24, 2.45) is 56.7 Å². The number of fused-ring (bicyclic) bond motifs is 7. The number of carboxylic acids is 1. The summed E-state index contributed by atoms with van der Waals surface area (Å²) in [5.41, 5.74) is 0.458. The van der Waals surface area contributed by atoms with Gasteiger partial charge in [0.25, 0.3) is 0 Å². The molecule has 272 valence electrons. The molecular formula is C38H61NO9. The Kier molecular flexibility index (Phi) is 9.28. The van der Waals surface area contributed by atoms with E-state index in [2.05, 4.69) is 48.1 Å². The first-order valence-corrected chi connectivity index (χ1v) is 18.4. The van der Waals surface area contributed by atoms with Gasteiger partial charge >= 0.3 is 11.9 Å². The monoisotopic (exact) mass is 675 g/mol. The quantitative estimate of drug-likeness (QED) is 0.166. The number of allylic oxidation sites excluding steroid dienone is 1. The maximum absolute atomic E-state index is 13.4. The van der Waals surface area contributed by atoms with E-state index in [0.29, 0.717) is 17.8 Å². The topological polar surface area (TPSA) is 146 Å². The van der Waals surface area contributed by atoms with Gasteiger partial charge in [-0.15, -0.1) is 5.06 Å². The van der Waals surface area contributed by atoms with Crippen molar-refractivity contribution in [2.45, 2.75) is 136 Å². The summed E-state index contributed by atoms with van der Waals surface area (Å²) in [4.78, 5) is 31.7. The number of carboxylic acid groups (broad SMARTS) is 1. The smallest absolute Gasteiger partial charge is 0.323 e. The molecule has 0 bridgehead atoms. The number of rotatable bonds is 7. The summed E-state index contributed by atoms with van der Waals surface area (Å²) in [6.07, 6.45) is 3.94. The second-order valence-electron chi connectivity index (χ2n) is 18.0. The number of carbonyl (C=O) groups excluding carboxylic acids is 1. The molecule has 5 saturated carbocycles. The zero-order valence-corrected chi connectivity index (χ0v) is 30.2. The van der Waals surface area contributed by atoms with Crippen LogP contribution in [0.4, 0.5) is 0 Å². The molecule has 0 radical (unpaired) electrons. The fourth-order valence-corrected chi connectivity index (χ4v) is 13.3. The van der Waals surface area contributed by atoms with Gasteiger partial charge in [0, 0.05) is 5.41 Å². The van der Waals surface area contributed by atoms with Crippen LogP contribution >= 0.6 is 0 Å². The van der Waals surface area contributed by atoms with Gasteiger partial charge in [-0.3, -0.25) is 14.4 Å². The molecule has 1 aliphatic heterocycles. The predicted molar refractivity (Wildman–Crippen MR) is 178 cm³/mol. The number of aliphatic hydroxyl groups is 3. The highest BCUT2D eigenvalue weighted by atomic mass is 16.7. The molecule has 48 heavy (non-hydrogen) atoms. The normalized spacial score (nSPS) is 49.6. The largest absolute Gasteiger partial charge is 0.481 e. The molecule has 6 fully saturated rings. The summed E-state index contributed by atoms with van der Waals surface area (Å²) in [5.74, 6) is 0.572. The van der Waals surface area contributed by atoms with Crippen LogP contribution in [0.1, 0.15) is 106 Å². The van der Waals surface area contributed by atoms with E-state index in [-0.39, 0.29) is 52.8 Å². The van der Waals surface area contributed by atoms with Crippen molar-refractivity contribution in [3.8, 4) is 0 Å². The number of carbonyl (C=O) groups is 2. The maximum Gasteiger partial charge on any atom is 0.323 e.